The summed E-state index contributed by atoms with van der Waals surface area (Å²) < 4.78 is 12.4. The molecule has 0 saturated carbocycles. The van der Waals surface area contributed by atoms with Gasteiger partial charge in [-0.25, -0.2) is 0 Å². The third kappa shape index (κ3) is 2.67. The summed E-state index contributed by atoms with van der Waals surface area (Å²) in [4.78, 5) is 0. The van der Waals surface area contributed by atoms with Gasteiger partial charge in [0.25, 0.3) is 0 Å². The lowest BCUT2D eigenvalue weighted by Crippen LogP contribution is -2.53. The first-order chi connectivity index (χ1) is 8.55. The third-order valence-electron chi connectivity index (χ3n) is 4.28. The topological polar surface area (TPSA) is 18.5 Å². The predicted molar refractivity (Wildman–Crippen MR) is 85.1 cm³/mol. The van der Waals surface area contributed by atoms with Gasteiger partial charge in [0.15, 0.2) is 0 Å². The van der Waals surface area contributed by atoms with E-state index in [0.29, 0.717) is 0 Å². The van der Waals surface area contributed by atoms with Crippen molar-refractivity contribution < 1.29 is 9.31 Å². The lowest BCUT2D eigenvalue weighted by Gasteiger charge is -2.32. The Morgan fingerprint density at radius 2 is 1.37 bits per heavy atom. The second-order valence-corrected chi connectivity index (χ2v) is 12.5. The summed E-state index contributed by atoms with van der Waals surface area (Å²) in [5.74, 6) is 0. The van der Waals surface area contributed by atoms with E-state index in [2.05, 4.69) is 71.6 Å². The Balaban J connectivity index is 2.41. The Morgan fingerprint density at radius 1 is 0.895 bits per heavy atom. The molecule has 1 aromatic carbocycles. The molecule has 1 aliphatic heterocycles. The lowest BCUT2D eigenvalue weighted by molar-refractivity contribution is 0.00578. The number of hydrogen-bond donors (Lipinski definition) is 0. The van der Waals surface area contributed by atoms with Crippen molar-refractivity contribution in [3.63, 3.8) is 0 Å². The number of benzene rings is 1. The van der Waals surface area contributed by atoms with Gasteiger partial charge in [0.2, 0.25) is 0 Å². The molecule has 0 spiro atoms. The maximum atomic E-state index is 6.19. The summed E-state index contributed by atoms with van der Waals surface area (Å²) in [6.07, 6.45) is 0. The normalized spacial score (nSPS) is 21.7. The van der Waals surface area contributed by atoms with Crippen LogP contribution in [-0.2, 0) is 9.31 Å². The molecule has 19 heavy (non-hydrogen) atoms. The summed E-state index contributed by atoms with van der Waals surface area (Å²) >= 11 is 0. The monoisotopic (exact) mass is 276 g/mol. The second-order valence-electron chi connectivity index (χ2n) is 7.43. The van der Waals surface area contributed by atoms with Gasteiger partial charge in [-0.1, -0.05) is 49.1 Å². The van der Waals surface area contributed by atoms with Crippen LogP contribution < -0.4 is 10.6 Å². The van der Waals surface area contributed by atoms with Gasteiger partial charge >= 0.3 is 7.12 Å². The van der Waals surface area contributed by atoms with Crippen molar-refractivity contribution in [3.05, 3.63) is 24.3 Å². The minimum atomic E-state index is -1.40. The highest BCUT2D eigenvalue weighted by atomic mass is 28.3. The number of rotatable bonds is 2. The first-order valence-corrected chi connectivity index (χ1v) is 10.5. The Bertz CT molecular complexity index is 461. The summed E-state index contributed by atoms with van der Waals surface area (Å²) in [6.45, 7) is 15.5. The Morgan fingerprint density at radius 3 is 1.84 bits per heavy atom. The molecule has 2 rings (SSSR count). The Labute approximate surface area is 118 Å². The molecule has 1 aromatic rings. The van der Waals surface area contributed by atoms with Gasteiger partial charge in [-0.3, -0.25) is 0 Å². The molecule has 1 heterocycles. The van der Waals surface area contributed by atoms with Crippen molar-refractivity contribution >= 4 is 25.8 Å². The largest absolute Gasteiger partial charge is 0.494 e. The van der Waals surface area contributed by atoms with E-state index in [4.69, 9.17) is 9.31 Å². The average Bonchev–Trinajstić information content (AvgIpc) is 2.47. The molecule has 0 atom stereocenters. The van der Waals surface area contributed by atoms with Crippen LogP contribution in [0.25, 0.3) is 0 Å². The number of hydrogen-bond acceptors (Lipinski definition) is 2. The molecule has 1 fully saturated rings. The maximum Gasteiger partial charge on any atom is 0.494 e. The molecule has 2 nitrogen and oxygen atoms in total. The van der Waals surface area contributed by atoms with Crippen LogP contribution in [-0.4, -0.2) is 26.4 Å². The second kappa shape index (κ2) is 4.47. The van der Waals surface area contributed by atoms with Crippen molar-refractivity contribution in [2.24, 2.45) is 0 Å². The van der Waals surface area contributed by atoms with E-state index in [9.17, 15) is 0 Å². The molecule has 1 aliphatic rings. The van der Waals surface area contributed by atoms with Gasteiger partial charge in [-0.05, 0) is 33.2 Å². The molecule has 0 aromatic heterocycles. The molecule has 1 saturated heterocycles. The van der Waals surface area contributed by atoms with Crippen molar-refractivity contribution in [1.82, 2.24) is 0 Å². The molecule has 0 N–H and O–H groups in total. The highest BCUT2D eigenvalue weighted by molar-refractivity contribution is 6.92. The fourth-order valence-electron chi connectivity index (χ4n) is 2.36. The smallest absolute Gasteiger partial charge is 0.399 e. The van der Waals surface area contributed by atoms with Gasteiger partial charge in [-0.2, -0.15) is 0 Å². The molecular formula is C15H25BO2Si. The van der Waals surface area contributed by atoms with Crippen molar-refractivity contribution in [3.8, 4) is 0 Å². The molecule has 0 bridgehead atoms. The first-order valence-electron chi connectivity index (χ1n) is 7.00. The van der Waals surface area contributed by atoms with Gasteiger partial charge in [0, 0.05) is 0 Å². The molecule has 0 amide bonds. The zero-order valence-corrected chi connectivity index (χ0v) is 14.2. The van der Waals surface area contributed by atoms with Crippen molar-refractivity contribution in [2.45, 2.75) is 58.5 Å². The van der Waals surface area contributed by atoms with Crippen LogP contribution in [0.5, 0.6) is 0 Å². The standard InChI is InChI=1S/C15H25BO2Si/c1-14(2)15(3,4)18-16(17-14)12-10-8-9-11-13(12)19(5,6)7/h8-11H,1-7H3. The highest BCUT2D eigenvalue weighted by Crippen LogP contribution is 2.36. The van der Waals surface area contributed by atoms with Crippen LogP contribution in [0.4, 0.5) is 0 Å². The van der Waals surface area contributed by atoms with Crippen LogP contribution in [0.3, 0.4) is 0 Å². The highest BCUT2D eigenvalue weighted by Gasteiger charge is 2.52. The third-order valence-corrected chi connectivity index (χ3v) is 6.35. The van der Waals surface area contributed by atoms with E-state index in [-0.39, 0.29) is 18.3 Å². The summed E-state index contributed by atoms with van der Waals surface area (Å²) in [7, 11) is -1.64. The van der Waals surface area contributed by atoms with Gasteiger partial charge in [0.05, 0.1) is 19.3 Å². The van der Waals surface area contributed by atoms with Crippen molar-refractivity contribution in [2.75, 3.05) is 0 Å². The van der Waals surface area contributed by atoms with E-state index in [1.54, 1.807) is 0 Å². The minimum Gasteiger partial charge on any atom is -0.399 e. The molecule has 4 heteroatoms. The van der Waals surface area contributed by atoms with Gasteiger partial charge < -0.3 is 9.31 Å². The quantitative estimate of drug-likeness (QED) is 0.773. The average molecular weight is 276 g/mol. The SMILES string of the molecule is CC1(C)OB(c2ccccc2[Si](C)(C)C)OC1(C)C. The minimum absolute atomic E-state index is 0.243. The van der Waals surface area contributed by atoms with Crippen LogP contribution in [0.15, 0.2) is 24.3 Å². The predicted octanol–water partition coefficient (Wildman–Crippen LogP) is 2.53. The zero-order chi connectivity index (χ0) is 14.5. The van der Waals surface area contributed by atoms with E-state index in [1.165, 1.54) is 10.6 Å². The molecule has 0 radical (unpaired) electrons. The zero-order valence-electron chi connectivity index (χ0n) is 13.2. The Hall–Kier alpha value is -0.578. The lowest BCUT2D eigenvalue weighted by atomic mass is 9.79. The van der Waals surface area contributed by atoms with E-state index in [1.807, 2.05) is 0 Å². The van der Waals surface area contributed by atoms with Crippen LogP contribution >= 0.6 is 0 Å². The van der Waals surface area contributed by atoms with E-state index >= 15 is 0 Å². The molecular weight excluding hydrogens is 251 g/mol. The fraction of sp³-hybridized carbons (Fsp3) is 0.600. The Kier molecular flexibility index (Phi) is 3.49. The summed E-state index contributed by atoms with van der Waals surface area (Å²) in [6, 6.07) is 8.56. The van der Waals surface area contributed by atoms with Crippen LogP contribution in [0, 0.1) is 0 Å². The van der Waals surface area contributed by atoms with Crippen LogP contribution in [0.2, 0.25) is 19.6 Å². The van der Waals surface area contributed by atoms with E-state index in [0.717, 1.165) is 0 Å². The summed E-state index contributed by atoms with van der Waals surface area (Å²) in [5.41, 5.74) is 0.661. The van der Waals surface area contributed by atoms with E-state index < -0.39 is 8.07 Å². The molecule has 104 valence electrons. The van der Waals surface area contributed by atoms with Gasteiger partial charge in [-0.15, -0.1) is 0 Å². The van der Waals surface area contributed by atoms with Gasteiger partial charge in [0.1, 0.15) is 0 Å². The molecule has 0 unspecified atom stereocenters. The first kappa shape index (κ1) is 14.8. The summed E-state index contributed by atoms with van der Waals surface area (Å²) in [5, 5.41) is 1.42. The molecule has 0 aliphatic carbocycles. The van der Waals surface area contributed by atoms with Crippen LogP contribution in [0.1, 0.15) is 27.7 Å². The maximum absolute atomic E-state index is 6.19. The fourth-order valence-corrected chi connectivity index (χ4v) is 4.02. The van der Waals surface area contributed by atoms with Crippen molar-refractivity contribution in [1.29, 1.82) is 0 Å².